The van der Waals surface area contributed by atoms with E-state index in [4.69, 9.17) is 0 Å². The first-order chi connectivity index (χ1) is 9.68. The summed E-state index contributed by atoms with van der Waals surface area (Å²) < 4.78 is 0. The van der Waals surface area contributed by atoms with E-state index in [-0.39, 0.29) is 0 Å². The van der Waals surface area contributed by atoms with Gasteiger partial charge in [0.15, 0.2) is 0 Å². The summed E-state index contributed by atoms with van der Waals surface area (Å²) in [5.74, 6) is 0.489. The van der Waals surface area contributed by atoms with Crippen molar-refractivity contribution in [3.05, 3.63) is 35.9 Å². The molecule has 20 heavy (non-hydrogen) atoms. The summed E-state index contributed by atoms with van der Waals surface area (Å²) in [6, 6.07) is 10.8. The van der Waals surface area contributed by atoms with E-state index in [0.29, 0.717) is 11.2 Å². The molecule has 0 saturated heterocycles. The van der Waals surface area contributed by atoms with Crippen molar-refractivity contribution in [1.82, 2.24) is 0 Å². The normalized spacial score (nSPS) is 22.9. The van der Waals surface area contributed by atoms with E-state index in [0.717, 1.165) is 19.3 Å². The van der Waals surface area contributed by atoms with Gasteiger partial charge >= 0.3 is 0 Å². The first-order valence-corrected chi connectivity index (χ1v) is 8.24. The second kappa shape index (κ2) is 7.61. The number of aryl methyl sites for hydroxylation is 1. The number of Topliss-reactive ketones (excluding diaryl/α,β-unsaturated/α-hetero) is 1. The first-order valence-electron chi connectivity index (χ1n) is 8.24. The Morgan fingerprint density at radius 2 is 1.80 bits per heavy atom. The predicted octanol–water partition coefficient (Wildman–Crippen LogP) is 5.33. The highest BCUT2D eigenvalue weighted by Crippen LogP contribution is 2.38. The van der Waals surface area contributed by atoms with Crippen molar-refractivity contribution in [1.29, 1.82) is 0 Å². The second-order valence-electron chi connectivity index (χ2n) is 6.78. The Labute approximate surface area is 123 Å². The minimum atomic E-state index is 0.314. The van der Waals surface area contributed by atoms with Gasteiger partial charge < -0.3 is 0 Å². The first kappa shape index (κ1) is 15.3. The Morgan fingerprint density at radius 3 is 2.55 bits per heavy atom. The van der Waals surface area contributed by atoms with E-state index in [2.05, 4.69) is 37.3 Å². The summed E-state index contributed by atoms with van der Waals surface area (Å²) in [6.45, 7) is 2.31. The number of hydrogen-bond donors (Lipinski definition) is 0. The predicted molar refractivity (Wildman–Crippen MR) is 84.8 cm³/mol. The average Bonchev–Trinajstić information content (AvgIpc) is 2.43. The van der Waals surface area contributed by atoms with Gasteiger partial charge in [-0.3, -0.25) is 4.79 Å². The molecule has 1 heteroatoms. The molecular formula is C19H28O. The third kappa shape index (κ3) is 5.11. The lowest BCUT2D eigenvalue weighted by Crippen LogP contribution is -2.25. The van der Waals surface area contributed by atoms with Crippen LogP contribution in [0.4, 0.5) is 0 Å². The maximum atomic E-state index is 11.6. The quantitative estimate of drug-likeness (QED) is 0.613. The van der Waals surface area contributed by atoms with Crippen molar-refractivity contribution in [3.63, 3.8) is 0 Å². The Kier molecular flexibility index (Phi) is 5.82. The molecule has 110 valence electrons. The van der Waals surface area contributed by atoms with E-state index in [1.165, 1.54) is 50.5 Å². The SMILES string of the molecule is C[C@@]1(CCCCCCc2ccccc2)CCCC(=O)C1. The van der Waals surface area contributed by atoms with E-state index >= 15 is 0 Å². The lowest BCUT2D eigenvalue weighted by molar-refractivity contribution is -0.123. The van der Waals surface area contributed by atoms with Gasteiger partial charge in [-0.05, 0) is 43.1 Å². The molecule has 0 N–H and O–H groups in total. The lowest BCUT2D eigenvalue weighted by Gasteiger charge is -2.32. The summed E-state index contributed by atoms with van der Waals surface area (Å²) in [5.41, 5.74) is 1.77. The molecule has 1 saturated carbocycles. The largest absolute Gasteiger partial charge is 0.300 e. The number of carbonyl (C=O) groups excluding carboxylic acids is 1. The van der Waals surface area contributed by atoms with Gasteiger partial charge in [-0.15, -0.1) is 0 Å². The van der Waals surface area contributed by atoms with Crippen LogP contribution in [0.15, 0.2) is 30.3 Å². The minimum Gasteiger partial charge on any atom is -0.300 e. The highest BCUT2D eigenvalue weighted by Gasteiger charge is 2.30. The third-order valence-electron chi connectivity index (χ3n) is 4.70. The van der Waals surface area contributed by atoms with Crippen LogP contribution in [0.2, 0.25) is 0 Å². The Bertz CT molecular complexity index is 409. The average molecular weight is 272 g/mol. The van der Waals surface area contributed by atoms with Crippen molar-refractivity contribution in [2.24, 2.45) is 5.41 Å². The Morgan fingerprint density at radius 1 is 1.05 bits per heavy atom. The summed E-state index contributed by atoms with van der Waals surface area (Å²) in [5, 5.41) is 0. The molecular weight excluding hydrogens is 244 g/mol. The zero-order valence-electron chi connectivity index (χ0n) is 12.9. The summed E-state index contributed by atoms with van der Waals surface area (Å²) >= 11 is 0. The minimum absolute atomic E-state index is 0.314. The van der Waals surface area contributed by atoms with Gasteiger partial charge in [0.1, 0.15) is 5.78 Å². The van der Waals surface area contributed by atoms with Crippen LogP contribution in [-0.4, -0.2) is 5.78 Å². The maximum Gasteiger partial charge on any atom is 0.133 e. The van der Waals surface area contributed by atoms with Crippen LogP contribution in [-0.2, 0) is 11.2 Å². The van der Waals surface area contributed by atoms with Crippen molar-refractivity contribution in [2.75, 3.05) is 0 Å². The fourth-order valence-corrected chi connectivity index (χ4v) is 3.46. The van der Waals surface area contributed by atoms with Crippen molar-refractivity contribution in [3.8, 4) is 0 Å². The summed E-state index contributed by atoms with van der Waals surface area (Å²) in [4.78, 5) is 11.6. The van der Waals surface area contributed by atoms with Crippen molar-refractivity contribution in [2.45, 2.75) is 71.1 Å². The second-order valence-corrected chi connectivity index (χ2v) is 6.78. The molecule has 1 nitrogen and oxygen atoms in total. The maximum absolute atomic E-state index is 11.6. The van der Waals surface area contributed by atoms with Crippen LogP contribution in [0.1, 0.15) is 70.3 Å². The molecule has 2 rings (SSSR count). The Balaban J connectivity index is 1.56. The number of rotatable bonds is 7. The van der Waals surface area contributed by atoms with Gasteiger partial charge in [0.2, 0.25) is 0 Å². The fourth-order valence-electron chi connectivity index (χ4n) is 3.46. The van der Waals surface area contributed by atoms with Crippen molar-refractivity contribution < 1.29 is 4.79 Å². The zero-order chi connectivity index (χ0) is 14.3. The molecule has 1 aromatic rings. The number of unbranched alkanes of at least 4 members (excludes halogenated alkanes) is 3. The molecule has 0 aromatic heterocycles. The molecule has 0 unspecified atom stereocenters. The molecule has 0 aliphatic heterocycles. The fraction of sp³-hybridized carbons (Fsp3) is 0.632. The van der Waals surface area contributed by atoms with E-state index < -0.39 is 0 Å². The van der Waals surface area contributed by atoms with Gasteiger partial charge in [-0.2, -0.15) is 0 Å². The molecule has 0 heterocycles. The standard InChI is InChI=1S/C19H28O/c1-19(15-9-13-18(20)16-19)14-8-3-2-5-10-17-11-6-4-7-12-17/h4,6-7,11-12H,2-3,5,8-10,13-16H2,1H3/t19-/m1/s1. The van der Waals surface area contributed by atoms with Crippen LogP contribution < -0.4 is 0 Å². The van der Waals surface area contributed by atoms with Gasteiger partial charge in [0, 0.05) is 12.8 Å². The molecule has 0 spiro atoms. The van der Waals surface area contributed by atoms with Gasteiger partial charge in [-0.25, -0.2) is 0 Å². The molecule has 1 fully saturated rings. The molecule has 0 radical (unpaired) electrons. The number of carbonyl (C=O) groups is 1. The lowest BCUT2D eigenvalue weighted by atomic mass is 9.72. The van der Waals surface area contributed by atoms with Gasteiger partial charge in [-0.1, -0.05) is 56.5 Å². The molecule has 1 atom stereocenters. The van der Waals surface area contributed by atoms with Crippen LogP contribution in [0, 0.1) is 5.41 Å². The van der Waals surface area contributed by atoms with E-state index in [1.807, 2.05) is 0 Å². The third-order valence-corrected chi connectivity index (χ3v) is 4.70. The Hall–Kier alpha value is -1.11. The van der Waals surface area contributed by atoms with Crippen LogP contribution in [0.25, 0.3) is 0 Å². The van der Waals surface area contributed by atoms with Gasteiger partial charge in [0.05, 0.1) is 0 Å². The van der Waals surface area contributed by atoms with Crippen LogP contribution in [0.5, 0.6) is 0 Å². The molecule has 1 aromatic carbocycles. The number of benzene rings is 1. The van der Waals surface area contributed by atoms with Gasteiger partial charge in [0.25, 0.3) is 0 Å². The highest BCUT2D eigenvalue weighted by molar-refractivity contribution is 5.79. The summed E-state index contributed by atoms with van der Waals surface area (Å²) in [7, 11) is 0. The summed E-state index contributed by atoms with van der Waals surface area (Å²) in [6.07, 6.45) is 11.7. The zero-order valence-corrected chi connectivity index (χ0v) is 12.9. The van der Waals surface area contributed by atoms with Crippen LogP contribution >= 0.6 is 0 Å². The molecule has 0 bridgehead atoms. The molecule has 0 amide bonds. The topological polar surface area (TPSA) is 17.1 Å². The van der Waals surface area contributed by atoms with E-state index in [1.54, 1.807) is 0 Å². The monoisotopic (exact) mass is 272 g/mol. The number of hydrogen-bond acceptors (Lipinski definition) is 1. The van der Waals surface area contributed by atoms with Crippen LogP contribution in [0.3, 0.4) is 0 Å². The van der Waals surface area contributed by atoms with Crippen molar-refractivity contribution >= 4 is 5.78 Å². The van der Waals surface area contributed by atoms with E-state index in [9.17, 15) is 4.79 Å². The number of ketones is 1. The highest BCUT2D eigenvalue weighted by atomic mass is 16.1. The smallest absolute Gasteiger partial charge is 0.133 e. The molecule has 1 aliphatic carbocycles. The molecule has 1 aliphatic rings.